The van der Waals surface area contributed by atoms with Gasteiger partial charge in [0.05, 0.1) is 6.33 Å². The Balaban J connectivity index is 1.61. The molecule has 0 radical (unpaired) electrons. The monoisotopic (exact) mass is 302 g/mol. The second-order valence-electron chi connectivity index (χ2n) is 5.76. The fourth-order valence-corrected chi connectivity index (χ4v) is 3.28. The molecule has 2 aromatic heterocycles. The zero-order valence-electron chi connectivity index (χ0n) is 11.6. The van der Waals surface area contributed by atoms with Gasteiger partial charge in [0.15, 0.2) is 11.5 Å². The third-order valence-electron chi connectivity index (χ3n) is 4.41. The Kier molecular flexibility index (Phi) is 2.59. The van der Waals surface area contributed by atoms with Crippen molar-refractivity contribution in [3.05, 3.63) is 12.7 Å². The highest BCUT2D eigenvalue weighted by atomic mass is 16.4. The number of carbonyl (C=O) groups excluding carboxylic acids is 1. The van der Waals surface area contributed by atoms with Gasteiger partial charge in [-0.3, -0.25) is 4.79 Å². The summed E-state index contributed by atoms with van der Waals surface area (Å²) in [4.78, 5) is 37.4. The molecule has 114 valence electrons. The summed E-state index contributed by atoms with van der Waals surface area (Å²) in [6, 6.07) is -0.645. The molecule has 22 heavy (non-hydrogen) atoms. The van der Waals surface area contributed by atoms with Crippen LogP contribution < -0.4 is 5.73 Å². The predicted octanol–water partition coefficient (Wildman–Crippen LogP) is -0.518. The van der Waals surface area contributed by atoms with Gasteiger partial charge >= 0.3 is 5.97 Å². The lowest BCUT2D eigenvalue weighted by atomic mass is 10.1. The van der Waals surface area contributed by atoms with E-state index in [0.717, 1.165) is 6.42 Å². The van der Waals surface area contributed by atoms with Crippen LogP contribution in [-0.4, -0.2) is 53.5 Å². The van der Waals surface area contributed by atoms with Crippen LogP contribution in [0.25, 0.3) is 11.2 Å². The number of aliphatic carboxylic acids is 1. The molecule has 1 saturated heterocycles. The van der Waals surface area contributed by atoms with E-state index in [1.54, 1.807) is 4.57 Å². The molecule has 3 unspecified atom stereocenters. The van der Waals surface area contributed by atoms with Crippen LogP contribution >= 0.6 is 0 Å². The lowest BCUT2D eigenvalue weighted by molar-refractivity contribution is -0.149. The van der Waals surface area contributed by atoms with Crippen LogP contribution in [0.1, 0.15) is 12.8 Å². The first-order valence-electron chi connectivity index (χ1n) is 7.01. The van der Waals surface area contributed by atoms with Crippen LogP contribution in [-0.2, 0) is 16.1 Å². The lowest BCUT2D eigenvalue weighted by Crippen LogP contribution is -2.44. The molecule has 2 fully saturated rings. The molecule has 0 bridgehead atoms. The van der Waals surface area contributed by atoms with Crippen molar-refractivity contribution >= 4 is 28.9 Å². The molecule has 3 atom stereocenters. The number of carbonyl (C=O) groups is 2. The fourth-order valence-electron chi connectivity index (χ4n) is 3.28. The van der Waals surface area contributed by atoms with Gasteiger partial charge in [0.25, 0.3) is 0 Å². The highest BCUT2D eigenvalue weighted by Gasteiger charge is 2.56. The topological polar surface area (TPSA) is 127 Å². The van der Waals surface area contributed by atoms with Crippen LogP contribution in [0, 0.1) is 5.92 Å². The highest BCUT2D eigenvalue weighted by Crippen LogP contribution is 2.47. The smallest absolute Gasteiger partial charge is 0.326 e. The van der Waals surface area contributed by atoms with E-state index < -0.39 is 12.0 Å². The minimum Gasteiger partial charge on any atom is -0.480 e. The summed E-state index contributed by atoms with van der Waals surface area (Å²) in [5.74, 6) is -0.581. The number of nitrogen functional groups attached to an aromatic ring is 1. The van der Waals surface area contributed by atoms with Crippen molar-refractivity contribution in [2.24, 2.45) is 5.92 Å². The Bertz CT molecular complexity index is 787. The van der Waals surface area contributed by atoms with Crippen molar-refractivity contribution < 1.29 is 14.7 Å². The maximum Gasteiger partial charge on any atom is 0.326 e. The van der Waals surface area contributed by atoms with Gasteiger partial charge in [-0.15, -0.1) is 0 Å². The van der Waals surface area contributed by atoms with E-state index >= 15 is 0 Å². The molecule has 2 aromatic rings. The van der Waals surface area contributed by atoms with E-state index in [4.69, 9.17) is 5.73 Å². The Morgan fingerprint density at radius 2 is 2.14 bits per heavy atom. The van der Waals surface area contributed by atoms with E-state index in [-0.39, 0.29) is 24.3 Å². The van der Waals surface area contributed by atoms with Gasteiger partial charge in [-0.05, 0) is 18.8 Å². The quantitative estimate of drug-likeness (QED) is 0.781. The minimum atomic E-state index is -0.942. The van der Waals surface area contributed by atoms with E-state index in [2.05, 4.69) is 15.0 Å². The molecule has 1 aliphatic heterocycles. The summed E-state index contributed by atoms with van der Waals surface area (Å²) >= 11 is 0. The Morgan fingerprint density at radius 1 is 1.32 bits per heavy atom. The van der Waals surface area contributed by atoms with Crippen molar-refractivity contribution in [3.8, 4) is 0 Å². The molecular weight excluding hydrogens is 288 g/mol. The standard InChI is InChI=1S/C13H14N6O3/c14-11-10-12(16-4-15-11)18(5-17-10)3-9(20)19-7-1-6(7)2-8(19)13(21)22/h4-8H,1-3H2,(H,21,22)(H2,14,15,16). The van der Waals surface area contributed by atoms with Crippen LogP contribution in [0.5, 0.6) is 0 Å². The van der Waals surface area contributed by atoms with Crippen molar-refractivity contribution in [2.45, 2.75) is 31.5 Å². The number of nitrogens with two attached hydrogens (primary N) is 1. The number of anilines is 1. The van der Waals surface area contributed by atoms with Crippen LogP contribution in [0.3, 0.4) is 0 Å². The first kappa shape index (κ1) is 13.0. The van der Waals surface area contributed by atoms with Gasteiger partial charge in [-0.2, -0.15) is 0 Å². The number of carboxylic acids is 1. The number of piperidine rings is 1. The summed E-state index contributed by atoms with van der Waals surface area (Å²) in [5.41, 5.74) is 6.63. The highest BCUT2D eigenvalue weighted by molar-refractivity contribution is 5.87. The molecule has 1 aliphatic carbocycles. The molecule has 9 nitrogen and oxygen atoms in total. The summed E-state index contributed by atoms with van der Waals surface area (Å²) in [7, 11) is 0. The zero-order valence-corrected chi connectivity index (χ0v) is 11.6. The number of likely N-dealkylation sites (tertiary alicyclic amines) is 1. The second kappa shape index (κ2) is 4.39. The first-order valence-corrected chi connectivity index (χ1v) is 7.01. The van der Waals surface area contributed by atoms with Gasteiger partial charge in [0, 0.05) is 6.04 Å². The molecule has 9 heteroatoms. The summed E-state index contributed by atoms with van der Waals surface area (Å²) in [6.45, 7) is -0.0000463. The average Bonchev–Trinajstić information content (AvgIpc) is 2.94. The zero-order chi connectivity index (χ0) is 15.4. The van der Waals surface area contributed by atoms with Crippen molar-refractivity contribution in [3.63, 3.8) is 0 Å². The van der Waals surface area contributed by atoms with Crippen LogP contribution in [0.2, 0.25) is 0 Å². The number of carboxylic acid groups (broad SMARTS) is 1. The molecular formula is C13H14N6O3. The first-order chi connectivity index (χ1) is 10.6. The summed E-state index contributed by atoms with van der Waals surface area (Å²) < 4.78 is 1.57. The lowest BCUT2D eigenvalue weighted by Gasteiger charge is -2.24. The molecule has 0 spiro atoms. The van der Waals surface area contributed by atoms with Crippen molar-refractivity contribution in [1.29, 1.82) is 0 Å². The molecule has 0 aromatic carbocycles. The number of nitrogens with zero attached hydrogens (tertiary/aromatic N) is 5. The molecule has 3 N–H and O–H groups in total. The number of imidazole rings is 1. The van der Waals surface area contributed by atoms with Gasteiger partial charge < -0.3 is 20.3 Å². The number of amides is 1. The van der Waals surface area contributed by atoms with Gasteiger partial charge in [0.1, 0.15) is 24.4 Å². The number of fused-ring (bicyclic) bond motifs is 2. The number of hydrogen-bond donors (Lipinski definition) is 2. The van der Waals surface area contributed by atoms with Gasteiger partial charge in [-0.25, -0.2) is 19.7 Å². The second-order valence-corrected chi connectivity index (χ2v) is 5.76. The van der Waals surface area contributed by atoms with Crippen molar-refractivity contribution in [2.75, 3.05) is 5.73 Å². The van der Waals surface area contributed by atoms with Crippen LogP contribution in [0.15, 0.2) is 12.7 Å². The van der Waals surface area contributed by atoms with Crippen LogP contribution in [0.4, 0.5) is 5.82 Å². The predicted molar refractivity (Wildman–Crippen MR) is 74.5 cm³/mol. The van der Waals surface area contributed by atoms with Crippen molar-refractivity contribution in [1.82, 2.24) is 24.4 Å². The van der Waals surface area contributed by atoms with E-state index in [0.29, 0.717) is 23.5 Å². The Labute approximate surface area is 124 Å². The Morgan fingerprint density at radius 3 is 2.91 bits per heavy atom. The maximum atomic E-state index is 12.5. The summed E-state index contributed by atoms with van der Waals surface area (Å²) in [5, 5.41) is 9.25. The SMILES string of the molecule is Nc1ncnc2c1ncn2CC(=O)N1C(C(=O)O)CC2CC21. The largest absolute Gasteiger partial charge is 0.480 e. The summed E-state index contributed by atoms with van der Waals surface area (Å²) in [6.07, 6.45) is 4.23. The fraction of sp³-hybridized carbons (Fsp3) is 0.462. The average molecular weight is 302 g/mol. The number of rotatable bonds is 3. The third-order valence-corrected chi connectivity index (χ3v) is 4.41. The number of aromatic nitrogens is 4. The van der Waals surface area contributed by atoms with Gasteiger partial charge in [0.2, 0.25) is 5.91 Å². The molecule has 2 aliphatic rings. The molecule has 3 heterocycles. The minimum absolute atomic E-state index is 0.0000463. The van der Waals surface area contributed by atoms with E-state index in [9.17, 15) is 14.7 Å². The molecule has 1 saturated carbocycles. The normalized spacial score (nSPS) is 26.2. The maximum absolute atomic E-state index is 12.5. The van der Waals surface area contributed by atoms with Gasteiger partial charge in [-0.1, -0.05) is 0 Å². The number of hydrogen-bond acceptors (Lipinski definition) is 6. The Hall–Kier alpha value is -2.71. The molecule has 1 amide bonds. The van der Waals surface area contributed by atoms with E-state index in [1.165, 1.54) is 17.6 Å². The van der Waals surface area contributed by atoms with E-state index in [1.807, 2.05) is 0 Å². The molecule has 4 rings (SSSR count). The third kappa shape index (κ3) is 1.81.